The zero-order chi connectivity index (χ0) is 11.4. The lowest BCUT2D eigenvalue weighted by atomic mass is 9.88. The topological polar surface area (TPSA) is 33.1 Å². The van der Waals surface area contributed by atoms with Crippen molar-refractivity contribution in [1.29, 1.82) is 5.41 Å². The van der Waals surface area contributed by atoms with Crippen LogP contribution in [0.5, 0.6) is 0 Å². The predicted octanol–water partition coefficient (Wildman–Crippen LogP) is 3.70. The zero-order valence-corrected chi connectivity index (χ0v) is 10.0. The molecule has 0 bridgehead atoms. The first-order chi connectivity index (χ1) is 7.06. The lowest BCUT2D eigenvalue weighted by molar-refractivity contribution is 0.361. The van der Waals surface area contributed by atoms with E-state index in [9.17, 15) is 0 Å². The molecular weight excluding hydrogens is 210 g/mol. The van der Waals surface area contributed by atoms with Crippen LogP contribution >= 0.6 is 11.6 Å². The quantitative estimate of drug-likeness (QED) is 0.618. The van der Waals surface area contributed by atoms with E-state index < -0.39 is 0 Å². The number of nitrogens with one attached hydrogen (secondary N) is 1. The summed E-state index contributed by atoms with van der Waals surface area (Å²) in [4.78, 5) is 0. The van der Waals surface area contributed by atoms with Gasteiger partial charge in [-0.2, -0.15) is 0 Å². The highest BCUT2D eigenvalue weighted by Gasteiger charge is 2.21. The maximum absolute atomic E-state index is 7.76. The number of benzene rings is 1. The van der Waals surface area contributed by atoms with Gasteiger partial charge in [0.1, 0.15) is 0 Å². The Morgan fingerprint density at radius 1 is 1.27 bits per heavy atom. The Labute approximate surface area is 95.7 Å². The summed E-state index contributed by atoms with van der Waals surface area (Å²) in [6.45, 7) is 4.15. The van der Waals surface area contributed by atoms with E-state index in [1.165, 1.54) is 7.11 Å². The molecule has 0 amide bonds. The maximum Gasteiger partial charge on any atom is 0.188 e. The van der Waals surface area contributed by atoms with E-state index in [0.717, 1.165) is 5.56 Å². The summed E-state index contributed by atoms with van der Waals surface area (Å²) in [5, 5.41) is 8.47. The molecule has 0 saturated heterocycles. The number of hydrogen-bond donors (Lipinski definition) is 1. The third-order valence-corrected chi connectivity index (χ3v) is 2.65. The third kappa shape index (κ3) is 2.96. The van der Waals surface area contributed by atoms with Gasteiger partial charge in [-0.25, -0.2) is 0 Å². The van der Waals surface area contributed by atoms with E-state index in [1.54, 1.807) is 0 Å². The third-order valence-electron chi connectivity index (χ3n) is 2.40. The molecule has 0 fully saturated rings. The van der Waals surface area contributed by atoms with Gasteiger partial charge in [-0.3, -0.25) is 5.41 Å². The summed E-state index contributed by atoms with van der Waals surface area (Å²) in [6.07, 6.45) is 0. The van der Waals surface area contributed by atoms with Gasteiger partial charge in [0, 0.05) is 5.02 Å². The van der Waals surface area contributed by atoms with Crippen LogP contribution in [0.15, 0.2) is 24.3 Å². The van der Waals surface area contributed by atoms with Crippen LogP contribution in [0, 0.1) is 11.3 Å². The monoisotopic (exact) mass is 225 g/mol. The summed E-state index contributed by atoms with van der Waals surface area (Å²) in [6, 6.07) is 7.57. The molecule has 1 N–H and O–H groups in total. The lowest BCUT2D eigenvalue weighted by Gasteiger charge is -2.21. The molecule has 15 heavy (non-hydrogen) atoms. The average molecular weight is 226 g/mol. The number of rotatable bonds is 3. The normalized spacial score (nSPS) is 12.6. The van der Waals surface area contributed by atoms with Crippen LogP contribution in [-0.2, 0) is 4.74 Å². The Hall–Kier alpha value is -1.02. The van der Waals surface area contributed by atoms with Crippen molar-refractivity contribution in [1.82, 2.24) is 0 Å². The molecule has 0 aromatic heterocycles. The second-order valence-electron chi connectivity index (χ2n) is 3.84. The van der Waals surface area contributed by atoms with Gasteiger partial charge < -0.3 is 4.74 Å². The second-order valence-corrected chi connectivity index (χ2v) is 4.28. The highest BCUT2D eigenvalue weighted by molar-refractivity contribution is 6.30. The zero-order valence-electron chi connectivity index (χ0n) is 9.25. The molecule has 0 saturated carbocycles. The number of ether oxygens (including phenoxy) is 1. The SMILES string of the molecule is COC(=N)C(c1ccc(Cl)cc1)C(C)C. The molecule has 2 nitrogen and oxygen atoms in total. The molecule has 0 spiro atoms. The minimum absolute atomic E-state index is 0.00673. The van der Waals surface area contributed by atoms with Crippen molar-refractivity contribution in [3.63, 3.8) is 0 Å². The Morgan fingerprint density at radius 2 is 1.80 bits per heavy atom. The lowest BCUT2D eigenvalue weighted by Crippen LogP contribution is -2.18. The minimum atomic E-state index is 0.00673. The Morgan fingerprint density at radius 3 is 2.20 bits per heavy atom. The second kappa shape index (κ2) is 5.17. The fourth-order valence-electron chi connectivity index (χ4n) is 1.64. The van der Waals surface area contributed by atoms with Crippen LogP contribution in [-0.4, -0.2) is 13.0 Å². The highest BCUT2D eigenvalue weighted by atomic mass is 35.5. The molecule has 1 aromatic rings. The predicted molar refractivity (Wildman–Crippen MR) is 63.8 cm³/mol. The fourth-order valence-corrected chi connectivity index (χ4v) is 1.76. The van der Waals surface area contributed by atoms with Gasteiger partial charge in [0.2, 0.25) is 0 Å². The average Bonchev–Trinajstić information content (AvgIpc) is 2.20. The molecule has 0 aliphatic heterocycles. The molecule has 1 unspecified atom stereocenters. The molecule has 0 aliphatic carbocycles. The van der Waals surface area contributed by atoms with E-state index in [-0.39, 0.29) is 5.92 Å². The Kier molecular flexibility index (Phi) is 4.15. The molecule has 3 heteroatoms. The van der Waals surface area contributed by atoms with Crippen LogP contribution in [0.4, 0.5) is 0 Å². The Bertz CT molecular complexity index is 332. The van der Waals surface area contributed by atoms with E-state index in [0.29, 0.717) is 16.8 Å². The van der Waals surface area contributed by atoms with Crippen molar-refractivity contribution < 1.29 is 4.74 Å². The van der Waals surface area contributed by atoms with Gasteiger partial charge in [-0.05, 0) is 23.6 Å². The van der Waals surface area contributed by atoms with Crippen molar-refractivity contribution in [3.05, 3.63) is 34.9 Å². The summed E-state index contributed by atoms with van der Waals surface area (Å²) in [5.41, 5.74) is 1.07. The molecule has 1 atom stereocenters. The highest BCUT2D eigenvalue weighted by Crippen LogP contribution is 2.26. The van der Waals surface area contributed by atoms with Gasteiger partial charge in [0.05, 0.1) is 13.0 Å². The van der Waals surface area contributed by atoms with Crippen molar-refractivity contribution in [2.45, 2.75) is 19.8 Å². The van der Waals surface area contributed by atoms with E-state index in [4.69, 9.17) is 21.7 Å². The molecule has 82 valence electrons. The molecule has 0 aliphatic rings. The molecule has 0 radical (unpaired) electrons. The van der Waals surface area contributed by atoms with Gasteiger partial charge >= 0.3 is 0 Å². The first-order valence-electron chi connectivity index (χ1n) is 4.94. The summed E-state index contributed by atoms with van der Waals surface area (Å²) < 4.78 is 5.01. The molecule has 1 aromatic carbocycles. The first kappa shape index (κ1) is 12.1. The number of halogens is 1. The van der Waals surface area contributed by atoms with Crippen LogP contribution in [0.2, 0.25) is 5.02 Å². The summed E-state index contributed by atoms with van der Waals surface area (Å²) in [7, 11) is 1.54. The fraction of sp³-hybridized carbons (Fsp3) is 0.417. The molecule has 1 rings (SSSR count). The number of hydrogen-bond acceptors (Lipinski definition) is 2. The van der Waals surface area contributed by atoms with Crippen LogP contribution < -0.4 is 0 Å². The standard InChI is InChI=1S/C12H16ClNO/c1-8(2)11(12(14)15-3)9-4-6-10(13)7-5-9/h4-8,11,14H,1-3H3. The van der Waals surface area contributed by atoms with E-state index in [2.05, 4.69) is 13.8 Å². The molecule has 0 heterocycles. The first-order valence-corrected chi connectivity index (χ1v) is 5.32. The van der Waals surface area contributed by atoms with Crippen LogP contribution in [0.25, 0.3) is 0 Å². The molecular formula is C12H16ClNO. The van der Waals surface area contributed by atoms with Gasteiger partial charge in [0.15, 0.2) is 5.90 Å². The van der Waals surface area contributed by atoms with Crippen molar-refractivity contribution in [2.24, 2.45) is 5.92 Å². The maximum atomic E-state index is 7.76. The van der Waals surface area contributed by atoms with Gasteiger partial charge in [-0.15, -0.1) is 0 Å². The Balaban J connectivity index is 2.99. The minimum Gasteiger partial charge on any atom is -0.484 e. The van der Waals surface area contributed by atoms with Gasteiger partial charge in [0.25, 0.3) is 0 Å². The van der Waals surface area contributed by atoms with Crippen LogP contribution in [0.1, 0.15) is 25.3 Å². The summed E-state index contributed by atoms with van der Waals surface area (Å²) in [5.74, 6) is 0.637. The van der Waals surface area contributed by atoms with Crippen molar-refractivity contribution in [3.8, 4) is 0 Å². The van der Waals surface area contributed by atoms with Gasteiger partial charge in [-0.1, -0.05) is 37.6 Å². The number of methoxy groups -OCH3 is 1. The van der Waals surface area contributed by atoms with Crippen LogP contribution in [0.3, 0.4) is 0 Å². The van der Waals surface area contributed by atoms with E-state index in [1.807, 2.05) is 24.3 Å². The smallest absolute Gasteiger partial charge is 0.188 e. The van der Waals surface area contributed by atoms with E-state index >= 15 is 0 Å². The van der Waals surface area contributed by atoms with Crippen molar-refractivity contribution >= 4 is 17.5 Å². The van der Waals surface area contributed by atoms with Crippen molar-refractivity contribution in [2.75, 3.05) is 7.11 Å². The summed E-state index contributed by atoms with van der Waals surface area (Å²) >= 11 is 5.82. The largest absolute Gasteiger partial charge is 0.484 e.